The summed E-state index contributed by atoms with van der Waals surface area (Å²) in [4.78, 5) is 14.3. The van der Waals surface area contributed by atoms with Gasteiger partial charge in [-0.15, -0.1) is 0 Å². The molecule has 22 heavy (non-hydrogen) atoms. The van der Waals surface area contributed by atoms with Crippen molar-refractivity contribution in [1.82, 2.24) is 24.5 Å². The summed E-state index contributed by atoms with van der Waals surface area (Å²) in [5.41, 5.74) is 3.09. The van der Waals surface area contributed by atoms with E-state index in [0.29, 0.717) is 13.0 Å². The van der Waals surface area contributed by atoms with Crippen molar-refractivity contribution in [2.45, 2.75) is 53.1 Å². The minimum absolute atomic E-state index is 0.246. The summed E-state index contributed by atoms with van der Waals surface area (Å²) in [6.07, 6.45) is 4.62. The van der Waals surface area contributed by atoms with Crippen LogP contribution in [0.3, 0.4) is 0 Å². The first kappa shape index (κ1) is 15.1. The lowest BCUT2D eigenvalue weighted by atomic mass is 9.99. The number of hydrogen-bond donors (Lipinski definition) is 0. The van der Waals surface area contributed by atoms with Crippen LogP contribution in [0.5, 0.6) is 0 Å². The Morgan fingerprint density at radius 3 is 2.73 bits per heavy atom. The summed E-state index contributed by atoms with van der Waals surface area (Å²) in [6, 6.07) is 0. The van der Waals surface area contributed by atoms with Crippen molar-refractivity contribution < 1.29 is 4.79 Å². The molecule has 0 N–H and O–H groups in total. The quantitative estimate of drug-likeness (QED) is 0.870. The van der Waals surface area contributed by atoms with E-state index in [9.17, 15) is 4.79 Å². The monoisotopic (exact) mass is 303 g/mol. The Kier molecular flexibility index (Phi) is 4.18. The second-order valence-electron chi connectivity index (χ2n) is 6.32. The zero-order valence-electron chi connectivity index (χ0n) is 13.7. The summed E-state index contributed by atoms with van der Waals surface area (Å²) in [6.45, 7) is 9.61. The summed E-state index contributed by atoms with van der Waals surface area (Å²) in [7, 11) is 0. The number of aromatic nitrogens is 4. The van der Waals surface area contributed by atoms with E-state index in [0.717, 1.165) is 55.1 Å². The Morgan fingerprint density at radius 2 is 2.05 bits per heavy atom. The van der Waals surface area contributed by atoms with Gasteiger partial charge in [0, 0.05) is 26.1 Å². The first-order valence-corrected chi connectivity index (χ1v) is 8.26. The van der Waals surface area contributed by atoms with Gasteiger partial charge in [-0.1, -0.05) is 6.92 Å². The van der Waals surface area contributed by atoms with Gasteiger partial charge in [0.25, 0.3) is 0 Å². The molecule has 120 valence electrons. The fraction of sp³-hybridized carbons (Fsp3) is 0.688. The van der Waals surface area contributed by atoms with Gasteiger partial charge in [-0.3, -0.25) is 14.2 Å². The average Bonchev–Trinajstić information content (AvgIpc) is 3.07. The normalized spacial score (nSPS) is 16.6. The molecule has 1 fully saturated rings. The molecule has 6 nitrogen and oxygen atoms in total. The molecular formula is C16H25N5O. The highest BCUT2D eigenvalue weighted by Gasteiger charge is 2.20. The number of rotatable bonds is 4. The Bertz CT molecular complexity index is 663. The molecule has 0 unspecified atom stereocenters. The molecule has 1 aliphatic rings. The number of hydrogen-bond acceptors (Lipinski definition) is 3. The van der Waals surface area contributed by atoms with Crippen LogP contribution in [0.1, 0.15) is 38.8 Å². The minimum Gasteiger partial charge on any atom is -0.343 e. The van der Waals surface area contributed by atoms with E-state index in [2.05, 4.69) is 24.0 Å². The van der Waals surface area contributed by atoms with E-state index in [1.54, 1.807) is 0 Å². The van der Waals surface area contributed by atoms with E-state index in [4.69, 9.17) is 0 Å². The number of nitrogens with zero attached hydrogens (tertiary/aromatic N) is 5. The Morgan fingerprint density at radius 1 is 1.32 bits per heavy atom. The van der Waals surface area contributed by atoms with Crippen LogP contribution < -0.4 is 0 Å². The predicted molar refractivity (Wildman–Crippen MR) is 85.5 cm³/mol. The largest absolute Gasteiger partial charge is 0.343 e. The fourth-order valence-electron chi connectivity index (χ4n) is 3.25. The van der Waals surface area contributed by atoms with Crippen molar-refractivity contribution in [3.8, 4) is 0 Å². The first-order valence-electron chi connectivity index (χ1n) is 8.26. The molecule has 3 rings (SSSR count). The minimum atomic E-state index is 0.246. The molecule has 0 spiro atoms. The lowest BCUT2D eigenvalue weighted by molar-refractivity contribution is -0.132. The number of amides is 1. The van der Waals surface area contributed by atoms with E-state index < -0.39 is 0 Å². The fourth-order valence-corrected chi connectivity index (χ4v) is 3.25. The van der Waals surface area contributed by atoms with Gasteiger partial charge in [0.15, 0.2) is 0 Å². The van der Waals surface area contributed by atoms with Crippen LogP contribution in [0.2, 0.25) is 0 Å². The molecular weight excluding hydrogens is 278 g/mol. The molecule has 1 aliphatic heterocycles. The van der Waals surface area contributed by atoms with Crippen LogP contribution in [-0.4, -0.2) is 43.5 Å². The van der Waals surface area contributed by atoms with Gasteiger partial charge in [-0.05, 0) is 32.6 Å². The number of piperidine rings is 1. The maximum atomic E-state index is 12.3. The van der Waals surface area contributed by atoms with Crippen molar-refractivity contribution in [1.29, 1.82) is 0 Å². The third-order valence-corrected chi connectivity index (χ3v) is 4.68. The molecule has 1 saturated heterocycles. The van der Waals surface area contributed by atoms with E-state index >= 15 is 0 Å². The smallest absolute Gasteiger partial charge is 0.224 e. The van der Waals surface area contributed by atoms with Crippen LogP contribution in [0, 0.1) is 12.8 Å². The van der Waals surface area contributed by atoms with Gasteiger partial charge < -0.3 is 4.90 Å². The van der Waals surface area contributed by atoms with E-state index in [1.165, 1.54) is 0 Å². The number of likely N-dealkylation sites (tertiary alicyclic amines) is 1. The van der Waals surface area contributed by atoms with E-state index in [-0.39, 0.29) is 5.91 Å². The molecule has 0 saturated carbocycles. The molecule has 0 atom stereocenters. The van der Waals surface area contributed by atoms with Gasteiger partial charge in [-0.25, -0.2) is 0 Å². The zero-order valence-corrected chi connectivity index (χ0v) is 13.7. The molecule has 6 heteroatoms. The highest BCUT2D eigenvalue weighted by Crippen LogP contribution is 2.19. The van der Waals surface area contributed by atoms with Crippen LogP contribution >= 0.6 is 0 Å². The molecule has 1 amide bonds. The number of aryl methyl sites for hydroxylation is 3. The second-order valence-corrected chi connectivity index (χ2v) is 6.32. The third-order valence-electron chi connectivity index (χ3n) is 4.68. The maximum absolute atomic E-state index is 12.3. The van der Waals surface area contributed by atoms with Crippen molar-refractivity contribution in [3.05, 3.63) is 11.9 Å². The summed E-state index contributed by atoms with van der Waals surface area (Å²) < 4.78 is 3.89. The maximum Gasteiger partial charge on any atom is 0.224 e. The predicted octanol–water partition coefficient (Wildman–Crippen LogP) is 2.21. The molecule has 0 aliphatic carbocycles. The lowest BCUT2D eigenvalue weighted by Gasteiger charge is -2.30. The number of fused-ring (bicyclic) bond motifs is 1. The van der Waals surface area contributed by atoms with Gasteiger partial charge in [-0.2, -0.15) is 10.2 Å². The van der Waals surface area contributed by atoms with Crippen LogP contribution in [0.4, 0.5) is 0 Å². The Balaban J connectivity index is 1.66. The van der Waals surface area contributed by atoms with Crippen molar-refractivity contribution in [3.63, 3.8) is 0 Å². The highest BCUT2D eigenvalue weighted by molar-refractivity contribution is 5.79. The Labute approximate surface area is 131 Å². The molecule has 2 aromatic heterocycles. The van der Waals surface area contributed by atoms with Gasteiger partial charge >= 0.3 is 0 Å². The SMILES string of the molecule is CCn1nc(C)c2c1cnn2CCC(=O)N1CCC(C)CC1. The molecule has 0 radical (unpaired) electrons. The number of carbonyl (C=O) groups is 1. The van der Waals surface area contributed by atoms with Crippen molar-refractivity contribution >= 4 is 16.9 Å². The van der Waals surface area contributed by atoms with Crippen molar-refractivity contribution in [2.75, 3.05) is 13.1 Å². The summed E-state index contributed by atoms with van der Waals surface area (Å²) in [5.74, 6) is 0.994. The summed E-state index contributed by atoms with van der Waals surface area (Å²) in [5, 5.41) is 8.95. The summed E-state index contributed by atoms with van der Waals surface area (Å²) >= 11 is 0. The molecule has 0 aromatic carbocycles. The van der Waals surface area contributed by atoms with Crippen molar-refractivity contribution in [2.24, 2.45) is 5.92 Å². The van der Waals surface area contributed by atoms with Crippen LogP contribution in [0.25, 0.3) is 11.0 Å². The average molecular weight is 303 g/mol. The lowest BCUT2D eigenvalue weighted by Crippen LogP contribution is -2.38. The third kappa shape index (κ3) is 2.74. The second kappa shape index (κ2) is 6.10. The topological polar surface area (TPSA) is 56.0 Å². The zero-order chi connectivity index (χ0) is 15.7. The standard InChI is InChI=1S/C16H25N5O/c1-4-20-14-11-17-21(16(14)13(3)18-20)10-7-15(22)19-8-5-12(2)6-9-19/h11-12H,4-10H2,1-3H3. The number of carbonyl (C=O) groups excluding carboxylic acids is 1. The Hall–Kier alpha value is -1.85. The first-order chi connectivity index (χ1) is 10.6. The molecule has 3 heterocycles. The van der Waals surface area contributed by atoms with Gasteiger partial charge in [0.1, 0.15) is 11.0 Å². The van der Waals surface area contributed by atoms with Gasteiger partial charge in [0.05, 0.1) is 18.4 Å². The van der Waals surface area contributed by atoms with Gasteiger partial charge in [0.2, 0.25) is 5.91 Å². The molecule has 0 bridgehead atoms. The van der Waals surface area contributed by atoms with Crippen LogP contribution in [0.15, 0.2) is 6.20 Å². The van der Waals surface area contributed by atoms with Crippen LogP contribution in [-0.2, 0) is 17.9 Å². The molecule has 2 aromatic rings. The highest BCUT2D eigenvalue weighted by atomic mass is 16.2. The van der Waals surface area contributed by atoms with E-state index in [1.807, 2.05) is 27.4 Å².